The van der Waals surface area contributed by atoms with Crippen LogP contribution in [-0.2, 0) is 11.2 Å². The van der Waals surface area contributed by atoms with E-state index in [0.29, 0.717) is 6.07 Å². The molecule has 0 amide bonds. The van der Waals surface area contributed by atoms with Gasteiger partial charge in [0.1, 0.15) is 5.56 Å². The highest BCUT2D eigenvalue weighted by atomic mass is 19.3. The highest BCUT2D eigenvalue weighted by molar-refractivity contribution is 5.71. The molecule has 0 saturated heterocycles. The number of carbonyl (C=O) groups is 1. The molecule has 92 valence electrons. The number of alkyl halides is 2. The second kappa shape index (κ2) is 4.76. The van der Waals surface area contributed by atoms with Gasteiger partial charge in [-0.2, -0.15) is 4.39 Å². The molecule has 1 rings (SSSR count). The first-order valence-electron chi connectivity index (χ1n) is 4.16. The maximum Gasteiger partial charge on any atom is 0.367 e. The Morgan fingerprint density at radius 1 is 1.59 bits per heavy atom. The summed E-state index contributed by atoms with van der Waals surface area (Å²) >= 11 is 0. The van der Waals surface area contributed by atoms with E-state index in [1.165, 1.54) is 0 Å². The molecule has 0 bridgehead atoms. The number of pyridine rings is 1. The van der Waals surface area contributed by atoms with Crippen molar-refractivity contribution in [3.05, 3.63) is 33.3 Å². The quantitative estimate of drug-likeness (QED) is 0.498. The van der Waals surface area contributed by atoms with Crippen molar-refractivity contribution in [3.63, 3.8) is 0 Å². The minimum absolute atomic E-state index is 0.526. The molecule has 0 atom stereocenters. The molecule has 0 unspecified atom stereocenters. The summed E-state index contributed by atoms with van der Waals surface area (Å²) < 4.78 is 37.9. The maximum atomic E-state index is 13.1. The zero-order valence-electron chi connectivity index (χ0n) is 8.06. The summed E-state index contributed by atoms with van der Waals surface area (Å²) in [5.41, 5.74) is -1.88. The number of halogens is 3. The molecular formula is C8H5F3N2O4. The van der Waals surface area contributed by atoms with Crippen LogP contribution in [0.25, 0.3) is 0 Å². The lowest BCUT2D eigenvalue weighted by Crippen LogP contribution is -2.09. The molecule has 0 aliphatic rings. The van der Waals surface area contributed by atoms with Gasteiger partial charge in [0.2, 0.25) is 0 Å². The number of aliphatic carboxylic acids is 1. The molecule has 1 heterocycles. The monoisotopic (exact) mass is 250 g/mol. The van der Waals surface area contributed by atoms with Crippen LogP contribution >= 0.6 is 0 Å². The lowest BCUT2D eigenvalue weighted by molar-refractivity contribution is -0.390. The molecule has 0 aliphatic heterocycles. The summed E-state index contributed by atoms with van der Waals surface area (Å²) in [7, 11) is 0. The Bertz CT molecular complexity index is 478. The van der Waals surface area contributed by atoms with Gasteiger partial charge < -0.3 is 15.2 Å². The molecule has 1 aromatic heterocycles. The molecule has 0 radical (unpaired) electrons. The van der Waals surface area contributed by atoms with Gasteiger partial charge in [-0.15, -0.1) is 0 Å². The molecule has 0 saturated carbocycles. The van der Waals surface area contributed by atoms with Crippen molar-refractivity contribution in [3.8, 4) is 0 Å². The van der Waals surface area contributed by atoms with Crippen molar-refractivity contribution in [2.24, 2.45) is 0 Å². The normalized spacial score (nSPS) is 10.6. The number of aromatic nitrogens is 1. The van der Waals surface area contributed by atoms with Crippen molar-refractivity contribution < 1.29 is 28.0 Å². The molecule has 0 spiro atoms. The zero-order chi connectivity index (χ0) is 13.2. The topological polar surface area (TPSA) is 93.3 Å². The van der Waals surface area contributed by atoms with Gasteiger partial charge in [-0.25, -0.2) is 8.78 Å². The van der Waals surface area contributed by atoms with Crippen molar-refractivity contribution in [2.45, 2.75) is 12.8 Å². The SMILES string of the molecule is O=C(O)Cc1cc([N+](=O)[O-])nc(F)c1C(F)F. The van der Waals surface area contributed by atoms with Gasteiger partial charge in [0, 0.05) is 6.07 Å². The third-order valence-corrected chi connectivity index (χ3v) is 1.83. The van der Waals surface area contributed by atoms with Crippen LogP contribution in [0.1, 0.15) is 17.6 Å². The smallest absolute Gasteiger partial charge is 0.367 e. The second-order valence-electron chi connectivity index (χ2n) is 2.97. The summed E-state index contributed by atoms with van der Waals surface area (Å²) in [4.78, 5) is 22.3. The average Bonchev–Trinajstić information content (AvgIpc) is 2.14. The Balaban J connectivity index is 3.38. The first-order chi connectivity index (χ1) is 7.82. The molecule has 0 aliphatic carbocycles. The van der Waals surface area contributed by atoms with E-state index >= 15 is 0 Å². The summed E-state index contributed by atoms with van der Waals surface area (Å²) in [6.45, 7) is 0. The fourth-order valence-corrected chi connectivity index (χ4v) is 1.19. The van der Waals surface area contributed by atoms with Crippen LogP contribution in [-0.4, -0.2) is 21.0 Å². The van der Waals surface area contributed by atoms with Crippen molar-refractivity contribution in [1.29, 1.82) is 0 Å². The number of nitro groups is 1. The van der Waals surface area contributed by atoms with E-state index in [9.17, 15) is 28.1 Å². The Labute approximate surface area is 91.9 Å². The van der Waals surface area contributed by atoms with Crippen LogP contribution in [0.15, 0.2) is 6.07 Å². The Morgan fingerprint density at radius 2 is 2.18 bits per heavy atom. The number of carboxylic acid groups (broad SMARTS) is 1. The van der Waals surface area contributed by atoms with Gasteiger partial charge in [-0.1, -0.05) is 0 Å². The van der Waals surface area contributed by atoms with Crippen LogP contribution in [0.3, 0.4) is 0 Å². The van der Waals surface area contributed by atoms with Gasteiger partial charge in [0.25, 0.3) is 6.43 Å². The summed E-state index contributed by atoms with van der Waals surface area (Å²) in [6.07, 6.45) is -4.24. The van der Waals surface area contributed by atoms with Crippen LogP contribution in [0.5, 0.6) is 0 Å². The van der Waals surface area contributed by atoms with Gasteiger partial charge >= 0.3 is 17.7 Å². The minimum Gasteiger partial charge on any atom is -0.481 e. The van der Waals surface area contributed by atoms with E-state index in [1.807, 2.05) is 0 Å². The van der Waals surface area contributed by atoms with E-state index in [4.69, 9.17) is 5.11 Å². The minimum atomic E-state index is -3.29. The molecule has 6 nitrogen and oxygen atoms in total. The van der Waals surface area contributed by atoms with Crippen molar-refractivity contribution in [1.82, 2.24) is 4.98 Å². The number of hydrogen-bond acceptors (Lipinski definition) is 4. The Kier molecular flexibility index (Phi) is 3.61. The molecule has 0 aromatic carbocycles. The molecule has 0 fully saturated rings. The molecule has 1 N–H and O–H groups in total. The van der Waals surface area contributed by atoms with E-state index in [1.54, 1.807) is 0 Å². The predicted octanol–water partition coefficient (Wildman–Crippen LogP) is 1.69. The molecule has 1 aromatic rings. The summed E-state index contributed by atoms with van der Waals surface area (Å²) in [5, 5.41) is 18.7. The maximum absolute atomic E-state index is 13.1. The van der Waals surface area contributed by atoms with Crippen LogP contribution in [0.4, 0.5) is 19.0 Å². The highest BCUT2D eigenvalue weighted by Crippen LogP contribution is 2.28. The third kappa shape index (κ3) is 2.89. The van der Waals surface area contributed by atoms with E-state index in [2.05, 4.69) is 4.98 Å². The summed E-state index contributed by atoms with van der Waals surface area (Å²) in [6, 6.07) is 0.526. The van der Waals surface area contributed by atoms with Crippen LogP contribution in [0, 0.1) is 16.1 Å². The van der Waals surface area contributed by atoms with E-state index < -0.39 is 46.6 Å². The third-order valence-electron chi connectivity index (χ3n) is 1.83. The van der Waals surface area contributed by atoms with Crippen LogP contribution in [0.2, 0.25) is 0 Å². The number of nitrogens with zero attached hydrogens (tertiary/aromatic N) is 2. The van der Waals surface area contributed by atoms with Gasteiger partial charge in [0.15, 0.2) is 0 Å². The fourth-order valence-electron chi connectivity index (χ4n) is 1.19. The summed E-state index contributed by atoms with van der Waals surface area (Å²) in [5.74, 6) is -4.25. The van der Waals surface area contributed by atoms with Crippen LogP contribution < -0.4 is 0 Å². The van der Waals surface area contributed by atoms with Gasteiger partial charge in [0.05, 0.1) is 6.42 Å². The lowest BCUT2D eigenvalue weighted by Gasteiger charge is -2.05. The molecule has 9 heteroatoms. The standard InChI is InChI=1S/C8H5F3N2O4/c9-7(10)6-3(2-5(14)15)1-4(13(16)17)12-8(6)11/h1,7H,2H2,(H,14,15). The number of rotatable bonds is 4. The number of carboxylic acids is 1. The highest BCUT2D eigenvalue weighted by Gasteiger charge is 2.27. The zero-order valence-corrected chi connectivity index (χ0v) is 8.06. The van der Waals surface area contributed by atoms with Crippen molar-refractivity contribution >= 4 is 11.8 Å². The largest absolute Gasteiger partial charge is 0.481 e. The molecule has 17 heavy (non-hydrogen) atoms. The van der Waals surface area contributed by atoms with Gasteiger partial charge in [-0.05, 0) is 15.5 Å². The van der Waals surface area contributed by atoms with Gasteiger partial charge in [-0.3, -0.25) is 4.79 Å². The fraction of sp³-hybridized carbons (Fsp3) is 0.250. The Hall–Kier alpha value is -2.19. The predicted molar refractivity (Wildman–Crippen MR) is 47.1 cm³/mol. The van der Waals surface area contributed by atoms with E-state index in [0.717, 1.165) is 0 Å². The van der Waals surface area contributed by atoms with Crippen molar-refractivity contribution in [2.75, 3.05) is 0 Å². The lowest BCUT2D eigenvalue weighted by atomic mass is 10.1. The molecular weight excluding hydrogens is 245 g/mol. The van der Waals surface area contributed by atoms with E-state index in [-0.39, 0.29) is 0 Å². The first-order valence-corrected chi connectivity index (χ1v) is 4.16. The first kappa shape index (κ1) is 12.9. The number of hydrogen-bond donors (Lipinski definition) is 1. The average molecular weight is 250 g/mol. The second-order valence-corrected chi connectivity index (χ2v) is 2.97. The Morgan fingerprint density at radius 3 is 2.59 bits per heavy atom.